The molecule has 0 fully saturated rings. The summed E-state index contributed by atoms with van der Waals surface area (Å²) in [5, 5.41) is 0. The Morgan fingerprint density at radius 1 is 0.889 bits per heavy atom. The molecule has 2 aliphatic rings. The highest BCUT2D eigenvalue weighted by molar-refractivity contribution is 6.23. The fourth-order valence-corrected chi connectivity index (χ4v) is 4.86. The number of ketones is 1. The van der Waals surface area contributed by atoms with Crippen LogP contribution in [0.4, 0.5) is 0 Å². The lowest BCUT2D eigenvalue weighted by Crippen LogP contribution is -2.55. The van der Waals surface area contributed by atoms with Crippen molar-refractivity contribution in [2.75, 3.05) is 41.3 Å². The van der Waals surface area contributed by atoms with Gasteiger partial charge in [-0.05, 0) is 54.8 Å². The van der Waals surface area contributed by atoms with E-state index in [1.165, 1.54) is 21.3 Å². The number of methoxy groups -OCH3 is 3. The molecular weight excluding hydrogens is 472 g/mol. The molecular formula is C26H28O10. The second-order valence-corrected chi connectivity index (χ2v) is 8.14. The van der Waals surface area contributed by atoms with Gasteiger partial charge in [-0.2, -0.15) is 0 Å². The zero-order valence-corrected chi connectivity index (χ0v) is 20.8. The van der Waals surface area contributed by atoms with E-state index in [0.29, 0.717) is 33.9 Å². The molecule has 1 atom stereocenters. The monoisotopic (exact) mass is 500 g/mol. The third kappa shape index (κ3) is 3.77. The van der Waals surface area contributed by atoms with Gasteiger partial charge in [0.25, 0.3) is 0 Å². The molecule has 192 valence electrons. The van der Waals surface area contributed by atoms with Crippen molar-refractivity contribution in [1.82, 2.24) is 0 Å². The normalized spacial score (nSPS) is 17.1. The third-order valence-corrected chi connectivity index (χ3v) is 6.38. The second kappa shape index (κ2) is 9.96. The zero-order chi connectivity index (χ0) is 26.0. The van der Waals surface area contributed by atoms with Crippen molar-refractivity contribution in [3.63, 3.8) is 0 Å². The number of esters is 2. The van der Waals surface area contributed by atoms with Gasteiger partial charge in [0.2, 0.25) is 18.0 Å². The van der Waals surface area contributed by atoms with E-state index in [4.69, 9.17) is 33.2 Å². The fraction of sp³-hybridized carbons (Fsp3) is 0.423. The number of hydrogen-bond acceptors (Lipinski definition) is 10. The van der Waals surface area contributed by atoms with Gasteiger partial charge in [-0.1, -0.05) is 0 Å². The molecule has 0 N–H and O–H groups in total. The van der Waals surface area contributed by atoms with E-state index >= 15 is 0 Å². The maximum absolute atomic E-state index is 13.9. The van der Waals surface area contributed by atoms with E-state index in [2.05, 4.69) is 0 Å². The van der Waals surface area contributed by atoms with Gasteiger partial charge in [0.1, 0.15) is 0 Å². The first-order valence-corrected chi connectivity index (χ1v) is 11.5. The predicted molar refractivity (Wildman–Crippen MR) is 125 cm³/mol. The molecule has 0 bridgehead atoms. The molecule has 1 aliphatic carbocycles. The van der Waals surface area contributed by atoms with E-state index < -0.39 is 29.1 Å². The van der Waals surface area contributed by atoms with Crippen LogP contribution >= 0.6 is 0 Å². The Morgan fingerprint density at radius 2 is 1.44 bits per heavy atom. The van der Waals surface area contributed by atoms with Crippen molar-refractivity contribution < 1.29 is 47.5 Å². The van der Waals surface area contributed by atoms with Crippen LogP contribution in [0.5, 0.6) is 28.7 Å². The first-order chi connectivity index (χ1) is 17.4. The number of carbonyl (C=O) groups is 3. The van der Waals surface area contributed by atoms with Crippen LogP contribution in [0.25, 0.3) is 0 Å². The summed E-state index contributed by atoms with van der Waals surface area (Å²) in [4.78, 5) is 41.1. The Morgan fingerprint density at radius 3 is 1.94 bits per heavy atom. The fourth-order valence-electron chi connectivity index (χ4n) is 4.86. The highest BCUT2D eigenvalue weighted by atomic mass is 16.7. The average molecular weight is 501 g/mol. The number of carbonyl (C=O) groups excluding carboxylic acids is 3. The summed E-state index contributed by atoms with van der Waals surface area (Å²) >= 11 is 0. The molecule has 0 radical (unpaired) electrons. The van der Waals surface area contributed by atoms with Crippen molar-refractivity contribution >= 4 is 17.7 Å². The van der Waals surface area contributed by atoms with E-state index in [-0.39, 0.29) is 37.9 Å². The molecule has 0 amide bonds. The van der Waals surface area contributed by atoms with Crippen LogP contribution in [-0.4, -0.2) is 59.1 Å². The number of fused-ring (bicyclic) bond motifs is 2. The van der Waals surface area contributed by atoms with Crippen LogP contribution in [0.2, 0.25) is 0 Å². The predicted octanol–water partition coefficient (Wildman–Crippen LogP) is 2.81. The highest BCUT2D eigenvalue weighted by Gasteiger charge is 2.64. The SMILES string of the molecule is CCOC(=O)C1(C(=O)OCC)C(=O)Cc2cc3c(cc2C1c1cc(OC)c(OC)c(OC)c1)OCO3. The van der Waals surface area contributed by atoms with Crippen LogP contribution in [0.1, 0.15) is 36.5 Å². The summed E-state index contributed by atoms with van der Waals surface area (Å²) in [6, 6.07) is 6.59. The smallest absolute Gasteiger partial charge is 0.332 e. The summed E-state index contributed by atoms with van der Waals surface area (Å²) in [7, 11) is 4.35. The topological polar surface area (TPSA) is 116 Å². The average Bonchev–Trinajstić information content (AvgIpc) is 3.33. The quantitative estimate of drug-likeness (QED) is 0.396. The van der Waals surface area contributed by atoms with Gasteiger partial charge in [-0.15, -0.1) is 0 Å². The minimum absolute atomic E-state index is 0.0158. The molecule has 1 heterocycles. The number of rotatable bonds is 8. The van der Waals surface area contributed by atoms with E-state index in [1.54, 1.807) is 38.1 Å². The van der Waals surface area contributed by atoms with E-state index in [9.17, 15) is 14.4 Å². The molecule has 1 aliphatic heterocycles. The molecule has 4 rings (SSSR count). The minimum atomic E-state index is -2.31. The Kier molecular flexibility index (Phi) is 6.96. The van der Waals surface area contributed by atoms with Gasteiger partial charge in [-0.25, -0.2) is 0 Å². The summed E-state index contributed by atoms with van der Waals surface area (Å²) in [5.41, 5.74) is -0.808. The summed E-state index contributed by atoms with van der Waals surface area (Å²) in [5.74, 6) is -1.98. The molecule has 0 saturated carbocycles. The molecule has 10 nitrogen and oxygen atoms in total. The van der Waals surface area contributed by atoms with Crippen molar-refractivity contribution in [3.8, 4) is 28.7 Å². The largest absolute Gasteiger partial charge is 0.493 e. The minimum Gasteiger partial charge on any atom is -0.493 e. The Labute approximate surface area is 208 Å². The summed E-state index contributed by atoms with van der Waals surface area (Å²) in [6.45, 7) is 3.14. The van der Waals surface area contributed by atoms with Crippen molar-refractivity contribution in [2.45, 2.75) is 26.2 Å². The Hall–Kier alpha value is -3.95. The molecule has 1 unspecified atom stereocenters. The Balaban J connectivity index is 2.09. The molecule has 2 aromatic carbocycles. The summed E-state index contributed by atoms with van der Waals surface area (Å²) < 4.78 is 38.2. The van der Waals surface area contributed by atoms with E-state index in [1.807, 2.05) is 0 Å². The van der Waals surface area contributed by atoms with Crippen LogP contribution in [-0.2, 0) is 30.3 Å². The van der Waals surface area contributed by atoms with Gasteiger partial charge in [0.05, 0.1) is 34.5 Å². The molecule has 2 aromatic rings. The van der Waals surface area contributed by atoms with Crippen LogP contribution in [0.3, 0.4) is 0 Å². The number of ether oxygens (including phenoxy) is 7. The second-order valence-electron chi connectivity index (χ2n) is 8.14. The Bertz CT molecular complexity index is 1160. The number of hydrogen-bond donors (Lipinski definition) is 0. The molecule has 36 heavy (non-hydrogen) atoms. The van der Waals surface area contributed by atoms with Gasteiger partial charge < -0.3 is 33.2 Å². The van der Waals surface area contributed by atoms with Crippen LogP contribution in [0.15, 0.2) is 24.3 Å². The van der Waals surface area contributed by atoms with Crippen LogP contribution in [0, 0.1) is 5.41 Å². The molecule has 0 aromatic heterocycles. The molecule has 0 saturated heterocycles. The third-order valence-electron chi connectivity index (χ3n) is 6.38. The van der Waals surface area contributed by atoms with E-state index in [0.717, 1.165) is 0 Å². The number of benzene rings is 2. The van der Waals surface area contributed by atoms with Crippen molar-refractivity contribution in [1.29, 1.82) is 0 Å². The maximum atomic E-state index is 13.9. The van der Waals surface area contributed by atoms with Crippen molar-refractivity contribution in [2.24, 2.45) is 5.41 Å². The first-order valence-electron chi connectivity index (χ1n) is 11.5. The maximum Gasteiger partial charge on any atom is 0.332 e. The summed E-state index contributed by atoms with van der Waals surface area (Å²) in [6.07, 6.45) is -0.204. The van der Waals surface area contributed by atoms with Gasteiger partial charge in [0.15, 0.2) is 28.8 Å². The lowest BCUT2D eigenvalue weighted by Gasteiger charge is -2.40. The number of Topliss-reactive ketones (excluding diaryl/α,β-unsaturated/α-hetero) is 1. The van der Waals surface area contributed by atoms with Gasteiger partial charge in [-0.3, -0.25) is 14.4 Å². The van der Waals surface area contributed by atoms with Crippen molar-refractivity contribution in [3.05, 3.63) is 41.0 Å². The lowest BCUT2D eigenvalue weighted by atomic mass is 9.60. The highest BCUT2D eigenvalue weighted by Crippen LogP contribution is 2.54. The lowest BCUT2D eigenvalue weighted by molar-refractivity contribution is -0.176. The first kappa shape index (κ1) is 25.2. The zero-order valence-electron chi connectivity index (χ0n) is 20.8. The molecule has 0 spiro atoms. The van der Waals surface area contributed by atoms with Gasteiger partial charge in [0, 0.05) is 12.3 Å². The van der Waals surface area contributed by atoms with Crippen LogP contribution < -0.4 is 23.7 Å². The molecule has 10 heteroatoms. The van der Waals surface area contributed by atoms with Gasteiger partial charge >= 0.3 is 11.9 Å². The standard InChI is InChI=1S/C26H28O10/c1-6-33-24(28)26(25(29)34-7-2)21(27)11-14-8-17-18(36-13-35-17)12-16(14)22(26)15-9-19(30-3)23(32-5)20(10-15)31-4/h8-10,12,22H,6-7,11,13H2,1-5H3.